The van der Waals surface area contributed by atoms with Crippen LogP contribution < -0.4 is 5.32 Å². The number of methoxy groups -OCH3 is 1. The summed E-state index contributed by atoms with van der Waals surface area (Å²) in [5.74, 6) is 1.64. The molecule has 0 aromatic carbocycles. The van der Waals surface area contributed by atoms with E-state index in [4.69, 9.17) is 19.2 Å². The van der Waals surface area contributed by atoms with Gasteiger partial charge in [0.15, 0.2) is 0 Å². The van der Waals surface area contributed by atoms with Gasteiger partial charge >= 0.3 is 6.09 Å². The van der Waals surface area contributed by atoms with Gasteiger partial charge in [0.1, 0.15) is 0 Å². The van der Waals surface area contributed by atoms with Crippen molar-refractivity contribution >= 4 is 6.09 Å². The predicted octanol–water partition coefficient (Wildman–Crippen LogP) is 4.22. The Morgan fingerprint density at radius 1 is 0.885 bits per heavy atom. The molecule has 26 heavy (non-hydrogen) atoms. The van der Waals surface area contributed by atoms with E-state index >= 15 is 0 Å². The number of carbonyl (C=O) groups is 1. The number of ether oxygens (including phenoxy) is 2. The SMILES string of the molecule is COCCCCOC(=O)NC1CCC(CC2CCC(OOC)CC2)CC1. The van der Waals surface area contributed by atoms with Crippen molar-refractivity contribution < 1.29 is 24.0 Å². The van der Waals surface area contributed by atoms with Crippen LogP contribution in [0.4, 0.5) is 4.79 Å². The quantitative estimate of drug-likeness (QED) is 0.354. The fourth-order valence-corrected chi connectivity index (χ4v) is 4.34. The molecule has 0 aliphatic heterocycles. The van der Waals surface area contributed by atoms with Gasteiger partial charge in [-0.2, -0.15) is 0 Å². The topological polar surface area (TPSA) is 66.0 Å². The van der Waals surface area contributed by atoms with Crippen molar-refractivity contribution in [3.8, 4) is 0 Å². The second kappa shape index (κ2) is 12.5. The second-order valence-electron chi connectivity index (χ2n) is 7.84. The fraction of sp³-hybridized carbons (Fsp3) is 0.950. The number of alkyl carbamates (subject to hydrolysis) is 1. The van der Waals surface area contributed by atoms with Gasteiger partial charge in [0.25, 0.3) is 0 Å². The first-order valence-corrected chi connectivity index (χ1v) is 10.3. The van der Waals surface area contributed by atoms with Gasteiger partial charge in [0.2, 0.25) is 0 Å². The Hall–Kier alpha value is -0.850. The number of carbonyl (C=O) groups excluding carboxylic acids is 1. The van der Waals surface area contributed by atoms with Crippen LogP contribution in [0.15, 0.2) is 0 Å². The molecule has 2 rings (SSSR count). The van der Waals surface area contributed by atoms with Gasteiger partial charge in [-0.1, -0.05) is 0 Å². The highest BCUT2D eigenvalue weighted by atomic mass is 17.2. The molecule has 1 N–H and O–H groups in total. The summed E-state index contributed by atoms with van der Waals surface area (Å²) in [5.41, 5.74) is 0. The molecule has 6 nitrogen and oxygen atoms in total. The minimum Gasteiger partial charge on any atom is -0.450 e. The van der Waals surface area contributed by atoms with Crippen molar-refractivity contribution in [1.29, 1.82) is 0 Å². The third-order valence-electron chi connectivity index (χ3n) is 5.84. The Bertz CT molecular complexity index is 376. The molecule has 0 aromatic rings. The Labute approximate surface area is 158 Å². The van der Waals surface area contributed by atoms with E-state index in [2.05, 4.69) is 5.32 Å². The highest BCUT2D eigenvalue weighted by molar-refractivity contribution is 5.67. The van der Waals surface area contributed by atoms with E-state index in [9.17, 15) is 4.79 Å². The maximum Gasteiger partial charge on any atom is 0.407 e. The standard InChI is InChI=1S/C20H37NO5/c1-23-13-3-4-14-25-20(22)21-18-9-5-16(6-10-18)15-17-7-11-19(12-8-17)26-24-2/h16-19H,3-15H2,1-2H3,(H,21,22). The first-order valence-electron chi connectivity index (χ1n) is 10.3. The number of hydrogen-bond donors (Lipinski definition) is 1. The largest absolute Gasteiger partial charge is 0.450 e. The van der Waals surface area contributed by atoms with E-state index in [0.717, 1.165) is 57.0 Å². The Kier molecular flexibility index (Phi) is 10.3. The molecule has 2 aliphatic rings. The predicted molar refractivity (Wildman–Crippen MR) is 99.8 cm³/mol. The molecular weight excluding hydrogens is 334 g/mol. The van der Waals surface area contributed by atoms with Crippen molar-refractivity contribution in [3.05, 3.63) is 0 Å². The summed E-state index contributed by atoms with van der Waals surface area (Å²) in [6.07, 6.45) is 12.5. The molecule has 0 heterocycles. The van der Waals surface area contributed by atoms with Crippen LogP contribution >= 0.6 is 0 Å². The first kappa shape index (κ1) is 21.5. The van der Waals surface area contributed by atoms with Gasteiger partial charge in [0, 0.05) is 19.8 Å². The van der Waals surface area contributed by atoms with Crippen molar-refractivity contribution in [2.24, 2.45) is 11.8 Å². The first-order chi connectivity index (χ1) is 12.7. The van der Waals surface area contributed by atoms with E-state index in [0.29, 0.717) is 6.61 Å². The van der Waals surface area contributed by atoms with Gasteiger partial charge in [-0.15, -0.1) is 0 Å². The van der Waals surface area contributed by atoms with E-state index in [1.165, 1.54) is 32.1 Å². The summed E-state index contributed by atoms with van der Waals surface area (Å²) in [7, 11) is 3.28. The summed E-state index contributed by atoms with van der Waals surface area (Å²) in [6.45, 7) is 1.19. The van der Waals surface area contributed by atoms with Crippen molar-refractivity contribution in [2.45, 2.75) is 82.8 Å². The van der Waals surface area contributed by atoms with Crippen LogP contribution in [0, 0.1) is 11.8 Å². The van der Waals surface area contributed by atoms with Crippen LogP contribution in [0.5, 0.6) is 0 Å². The molecule has 0 unspecified atom stereocenters. The lowest BCUT2D eigenvalue weighted by Gasteiger charge is -2.33. The Morgan fingerprint density at radius 2 is 1.50 bits per heavy atom. The third kappa shape index (κ3) is 8.23. The van der Waals surface area contributed by atoms with Crippen LogP contribution in [-0.4, -0.2) is 45.7 Å². The summed E-state index contributed by atoms with van der Waals surface area (Å²) >= 11 is 0. The van der Waals surface area contributed by atoms with Crippen LogP contribution in [0.25, 0.3) is 0 Å². The molecule has 0 aromatic heterocycles. The minimum atomic E-state index is -0.262. The Balaban J connectivity index is 1.53. The zero-order valence-corrected chi connectivity index (χ0v) is 16.5. The molecule has 2 fully saturated rings. The molecule has 1 amide bonds. The average molecular weight is 372 g/mol. The van der Waals surface area contributed by atoms with E-state index in [1.807, 2.05) is 0 Å². The molecule has 0 saturated heterocycles. The number of nitrogens with one attached hydrogen (secondary N) is 1. The second-order valence-corrected chi connectivity index (χ2v) is 7.84. The molecule has 2 saturated carbocycles. The van der Waals surface area contributed by atoms with E-state index in [1.54, 1.807) is 14.2 Å². The molecule has 0 spiro atoms. The van der Waals surface area contributed by atoms with Crippen LogP contribution in [0.3, 0.4) is 0 Å². The van der Waals surface area contributed by atoms with Crippen LogP contribution in [0.1, 0.15) is 70.6 Å². The number of hydrogen-bond acceptors (Lipinski definition) is 5. The Morgan fingerprint density at radius 3 is 2.12 bits per heavy atom. The van der Waals surface area contributed by atoms with Gasteiger partial charge in [-0.25, -0.2) is 14.6 Å². The minimum absolute atomic E-state index is 0.262. The average Bonchev–Trinajstić information content (AvgIpc) is 2.65. The van der Waals surface area contributed by atoms with Gasteiger partial charge in [-0.3, -0.25) is 0 Å². The maximum absolute atomic E-state index is 11.8. The molecule has 2 aliphatic carbocycles. The van der Waals surface area contributed by atoms with E-state index in [-0.39, 0.29) is 18.2 Å². The molecule has 0 bridgehead atoms. The summed E-state index contributed by atoms with van der Waals surface area (Å²) in [4.78, 5) is 21.9. The smallest absolute Gasteiger partial charge is 0.407 e. The zero-order valence-electron chi connectivity index (χ0n) is 16.5. The molecule has 6 heteroatoms. The lowest BCUT2D eigenvalue weighted by Crippen LogP contribution is -2.38. The van der Waals surface area contributed by atoms with E-state index < -0.39 is 0 Å². The van der Waals surface area contributed by atoms with Gasteiger partial charge in [0.05, 0.1) is 19.8 Å². The highest BCUT2D eigenvalue weighted by Gasteiger charge is 2.28. The number of rotatable bonds is 10. The third-order valence-corrected chi connectivity index (χ3v) is 5.84. The van der Waals surface area contributed by atoms with Crippen LogP contribution in [0.2, 0.25) is 0 Å². The number of unbranched alkanes of at least 4 members (excludes halogenated alkanes) is 1. The van der Waals surface area contributed by atoms with Gasteiger partial charge < -0.3 is 14.8 Å². The molecule has 0 radical (unpaired) electrons. The normalized spacial score (nSPS) is 29.3. The summed E-state index contributed by atoms with van der Waals surface area (Å²) < 4.78 is 10.2. The lowest BCUT2D eigenvalue weighted by atomic mass is 9.76. The van der Waals surface area contributed by atoms with Crippen molar-refractivity contribution in [1.82, 2.24) is 5.32 Å². The monoisotopic (exact) mass is 371 g/mol. The highest BCUT2D eigenvalue weighted by Crippen LogP contribution is 2.36. The molecular formula is C20H37NO5. The maximum atomic E-state index is 11.8. The van der Waals surface area contributed by atoms with Gasteiger partial charge in [-0.05, 0) is 82.5 Å². The summed E-state index contributed by atoms with van der Waals surface area (Å²) in [5, 5.41) is 3.03. The van der Waals surface area contributed by atoms with Crippen molar-refractivity contribution in [3.63, 3.8) is 0 Å². The molecule has 0 atom stereocenters. The lowest BCUT2D eigenvalue weighted by molar-refractivity contribution is -0.310. The van der Waals surface area contributed by atoms with Crippen molar-refractivity contribution in [2.75, 3.05) is 27.4 Å². The summed E-state index contributed by atoms with van der Waals surface area (Å²) in [6, 6.07) is 0.281. The number of amides is 1. The fourth-order valence-electron chi connectivity index (χ4n) is 4.34. The van der Waals surface area contributed by atoms with Crippen LogP contribution in [-0.2, 0) is 19.2 Å². The zero-order chi connectivity index (χ0) is 18.6. The molecule has 152 valence electrons.